The lowest BCUT2D eigenvalue weighted by molar-refractivity contribution is 0.166. The zero-order valence-electron chi connectivity index (χ0n) is 13.5. The van der Waals surface area contributed by atoms with E-state index in [1.54, 1.807) is 0 Å². The molecule has 0 spiro atoms. The van der Waals surface area contributed by atoms with Gasteiger partial charge in [-0.15, -0.1) is 0 Å². The van der Waals surface area contributed by atoms with E-state index in [4.69, 9.17) is 0 Å². The van der Waals surface area contributed by atoms with Gasteiger partial charge >= 0.3 is 0 Å². The van der Waals surface area contributed by atoms with Crippen molar-refractivity contribution in [3.63, 3.8) is 0 Å². The third kappa shape index (κ3) is 8.93. The summed E-state index contributed by atoms with van der Waals surface area (Å²) >= 11 is 0. The van der Waals surface area contributed by atoms with E-state index in [9.17, 15) is 0 Å². The van der Waals surface area contributed by atoms with Crippen molar-refractivity contribution in [3.8, 4) is 0 Å². The Morgan fingerprint density at radius 1 is 0.944 bits per heavy atom. The van der Waals surface area contributed by atoms with Crippen LogP contribution in [0.15, 0.2) is 0 Å². The van der Waals surface area contributed by atoms with Gasteiger partial charge in [0.05, 0.1) is 0 Å². The Bertz CT molecular complexity index is 164. The van der Waals surface area contributed by atoms with Crippen LogP contribution in [0.4, 0.5) is 0 Å². The molecule has 0 aliphatic rings. The molecule has 0 rings (SSSR count). The predicted octanol–water partition coefficient (Wildman–Crippen LogP) is 3.91. The molecular weight excluding hydrogens is 220 g/mol. The Morgan fingerprint density at radius 2 is 1.61 bits per heavy atom. The molecule has 0 aromatic heterocycles. The maximum absolute atomic E-state index is 3.59. The average Bonchev–Trinajstić information content (AvgIpc) is 2.34. The van der Waals surface area contributed by atoms with Crippen LogP contribution < -0.4 is 5.32 Å². The van der Waals surface area contributed by atoms with E-state index in [0.717, 1.165) is 18.5 Å². The molecule has 0 unspecified atom stereocenters. The molecule has 0 bridgehead atoms. The summed E-state index contributed by atoms with van der Waals surface area (Å²) in [6.07, 6.45) is 6.55. The molecule has 0 aromatic rings. The standard InChI is InChI=1S/C16H36N2/c1-6-9-10-11-17-12-13-18(14-15(4)5)16(7-2)8-3/h15-17H,6-14H2,1-5H3. The van der Waals surface area contributed by atoms with E-state index in [2.05, 4.69) is 44.8 Å². The summed E-state index contributed by atoms with van der Waals surface area (Å²) in [5.74, 6) is 0.769. The number of rotatable bonds is 12. The Hall–Kier alpha value is -0.0800. The Balaban J connectivity index is 3.86. The maximum Gasteiger partial charge on any atom is 0.0110 e. The van der Waals surface area contributed by atoms with Crippen LogP contribution in [0.5, 0.6) is 0 Å². The van der Waals surface area contributed by atoms with Crippen molar-refractivity contribution in [2.75, 3.05) is 26.2 Å². The van der Waals surface area contributed by atoms with E-state index in [1.165, 1.54) is 51.7 Å². The smallest absolute Gasteiger partial charge is 0.0110 e. The molecule has 0 aromatic carbocycles. The molecule has 0 radical (unpaired) electrons. The number of nitrogens with zero attached hydrogens (tertiary/aromatic N) is 1. The Kier molecular flexibility index (Phi) is 11.9. The molecule has 0 aliphatic carbocycles. The minimum atomic E-state index is 0.768. The van der Waals surface area contributed by atoms with E-state index in [0.29, 0.717) is 0 Å². The fraction of sp³-hybridized carbons (Fsp3) is 1.00. The van der Waals surface area contributed by atoms with Crippen LogP contribution in [0.25, 0.3) is 0 Å². The summed E-state index contributed by atoms with van der Waals surface area (Å²) in [6, 6.07) is 0.768. The van der Waals surface area contributed by atoms with Gasteiger partial charge in [0.1, 0.15) is 0 Å². The fourth-order valence-electron chi connectivity index (χ4n) is 2.54. The molecule has 0 aliphatic heterocycles. The van der Waals surface area contributed by atoms with Crippen molar-refractivity contribution >= 4 is 0 Å². The summed E-state index contributed by atoms with van der Waals surface area (Å²) in [5, 5.41) is 3.59. The van der Waals surface area contributed by atoms with Crippen LogP contribution in [0.3, 0.4) is 0 Å². The van der Waals surface area contributed by atoms with Crippen molar-refractivity contribution < 1.29 is 0 Å². The second-order valence-electron chi connectivity index (χ2n) is 5.82. The van der Waals surface area contributed by atoms with Crippen molar-refractivity contribution in [2.24, 2.45) is 5.92 Å². The van der Waals surface area contributed by atoms with Crippen LogP contribution in [-0.4, -0.2) is 37.1 Å². The van der Waals surface area contributed by atoms with Gasteiger partial charge < -0.3 is 5.32 Å². The second kappa shape index (κ2) is 12.0. The average molecular weight is 256 g/mol. The minimum Gasteiger partial charge on any atom is -0.315 e. The molecule has 0 amide bonds. The molecule has 0 saturated carbocycles. The lowest BCUT2D eigenvalue weighted by Gasteiger charge is -2.32. The molecule has 2 nitrogen and oxygen atoms in total. The van der Waals surface area contributed by atoms with Crippen LogP contribution in [0, 0.1) is 5.92 Å². The highest BCUT2D eigenvalue weighted by atomic mass is 15.2. The van der Waals surface area contributed by atoms with Gasteiger partial charge in [0.25, 0.3) is 0 Å². The van der Waals surface area contributed by atoms with Crippen LogP contribution >= 0.6 is 0 Å². The van der Waals surface area contributed by atoms with Gasteiger partial charge in [0, 0.05) is 25.7 Å². The third-order valence-corrected chi connectivity index (χ3v) is 3.59. The van der Waals surface area contributed by atoms with Crippen LogP contribution in [0.1, 0.15) is 66.7 Å². The summed E-state index contributed by atoms with van der Waals surface area (Å²) in [6.45, 7) is 16.3. The molecule has 110 valence electrons. The van der Waals surface area contributed by atoms with Crippen LogP contribution in [0.2, 0.25) is 0 Å². The molecule has 1 N–H and O–H groups in total. The van der Waals surface area contributed by atoms with E-state index < -0.39 is 0 Å². The van der Waals surface area contributed by atoms with Crippen molar-refractivity contribution in [1.82, 2.24) is 10.2 Å². The first-order valence-electron chi connectivity index (χ1n) is 8.10. The number of nitrogens with one attached hydrogen (secondary N) is 1. The lowest BCUT2D eigenvalue weighted by atomic mass is 10.1. The van der Waals surface area contributed by atoms with E-state index in [-0.39, 0.29) is 0 Å². The number of unbranched alkanes of at least 4 members (excludes halogenated alkanes) is 2. The predicted molar refractivity (Wildman–Crippen MR) is 83.2 cm³/mol. The molecule has 18 heavy (non-hydrogen) atoms. The molecule has 0 atom stereocenters. The highest BCUT2D eigenvalue weighted by molar-refractivity contribution is 4.71. The van der Waals surface area contributed by atoms with E-state index >= 15 is 0 Å². The Labute approximate surface area is 116 Å². The summed E-state index contributed by atoms with van der Waals surface area (Å²) < 4.78 is 0. The largest absolute Gasteiger partial charge is 0.315 e. The summed E-state index contributed by atoms with van der Waals surface area (Å²) in [4.78, 5) is 2.68. The van der Waals surface area contributed by atoms with Crippen molar-refractivity contribution in [3.05, 3.63) is 0 Å². The molecule has 0 saturated heterocycles. The first-order valence-corrected chi connectivity index (χ1v) is 8.10. The number of hydrogen-bond donors (Lipinski definition) is 1. The van der Waals surface area contributed by atoms with Gasteiger partial charge in [-0.1, -0.05) is 47.5 Å². The summed E-state index contributed by atoms with van der Waals surface area (Å²) in [5.41, 5.74) is 0. The quantitative estimate of drug-likeness (QED) is 0.533. The third-order valence-electron chi connectivity index (χ3n) is 3.59. The van der Waals surface area contributed by atoms with Gasteiger partial charge in [0.15, 0.2) is 0 Å². The normalized spacial score (nSPS) is 12.0. The zero-order chi connectivity index (χ0) is 13.8. The van der Waals surface area contributed by atoms with E-state index in [1.807, 2.05) is 0 Å². The molecule has 0 heterocycles. The van der Waals surface area contributed by atoms with Gasteiger partial charge in [0.2, 0.25) is 0 Å². The molecular formula is C16H36N2. The topological polar surface area (TPSA) is 15.3 Å². The summed E-state index contributed by atoms with van der Waals surface area (Å²) in [7, 11) is 0. The molecule has 2 heteroatoms. The molecule has 0 fully saturated rings. The minimum absolute atomic E-state index is 0.768. The van der Waals surface area contributed by atoms with Crippen molar-refractivity contribution in [1.29, 1.82) is 0 Å². The first kappa shape index (κ1) is 17.9. The highest BCUT2D eigenvalue weighted by Gasteiger charge is 2.15. The van der Waals surface area contributed by atoms with Gasteiger partial charge in [-0.2, -0.15) is 0 Å². The number of hydrogen-bond acceptors (Lipinski definition) is 2. The van der Waals surface area contributed by atoms with Crippen LogP contribution in [-0.2, 0) is 0 Å². The van der Waals surface area contributed by atoms with Gasteiger partial charge in [-0.3, -0.25) is 4.90 Å². The SMILES string of the molecule is CCCCCNCCN(CC(C)C)C(CC)CC. The second-order valence-corrected chi connectivity index (χ2v) is 5.82. The highest BCUT2D eigenvalue weighted by Crippen LogP contribution is 2.10. The van der Waals surface area contributed by atoms with Gasteiger partial charge in [-0.05, 0) is 31.7 Å². The lowest BCUT2D eigenvalue weighted by Crippen LogP contribution is -2.41. The monoisotopic (exact) mass is 256 g/mol. The Morgan fingerprint density at radius 3 is 2.11 bits per heavy atom. The maximum atomic E-state index is 3.59. The first-order chi connectivity index (χ1) is 8.65. The fourth-order valence-corrected chi connectivity index (χ4v) is 2.54. The van der Waals surface area contributed by atoms with Crippen molar-refractivity contribution in [2.45, 2.75) is 72.8 Å². The zero-order valence-corrected chi connectivity index (χ0v) is 13.5. The van der Waals surface area contributed by atoms with Gasteiger partial charge in [-0.25, -0.2) is 0 Å².